The van der Waals surface area contributed by atoms with Crippen LogP contribution in [-0.4, -0.2) is 49.8 Å². The van der Waals surface area contributed by atoms with Crippen molar-refractivity contribution in [3.05, 3.63) is 100 Å². The van der Waals surface area contributed by atoms with Gasteiger partial charge in [-0.25, -0.2) is 0 Å². The minimum Gasteiger partial charge on any atom is -0.480 e. The predicted octanol–water partition coefficient (Wildman–Crippen LogP) is 5.78. The standard InChI is InChI=1S/C34H34N4O7/c1-2-3-4-5-6-9-18-37-31(39)28-29(32(37)40)34(33(41)42,19-22-20-35-25-11-8-7-10-24(22)25)36-30(28)27-17-16-26(45-27)21-12-14-23(15-13-21)38(43)44/h5-8,10-17,20,28-30,35-36H,2-4,9,18-19H2,1H3,(H,41,42). The van der Waals surface area contributed by atoms with Gasteiger partial charge in [-0.1, -0.05) is 50.1 Å². The van der Waals surface area contributed by atoms with Crippen molar-refractivity contribution in [3.63, 3.8) is 0 Å². The highest BCUT2D eigenvalue weighted by atomic mass is 16.6. The van der Waals surface area contributed by atoms with Gasteiger partial charge in [0, 0.05) is 47.8 Å². The Hall–Kier alpha value is -5.03. The Balaban J connectivity index is 1.37. The van der Waals surface area contributed by atoms with Crippen molar-refractivity contribution in [2.75, 3.05) is 6.54 Å². The number of carbonyl (C=O) groups is 3. The molecule has 4 aromatic rings. The fourth-order valence-corrected chi connectivity index (χ4v) is 6.72. The van der Waals surface area contributed by atoms with Crippen LogP contribution < -0.4 is 5.32 Å². The van der Waals surface area contributed by atoms with Crippen molar-refractivity contribution in [2.45, 2.75) is 50.6 Å². The fourth-order valence-electron chi connectivity index (χ4n) is 6.72. The molecule has 11 nitrogen and oxygen atoms in total. The zero-order valence-corrected chi connectivity index (χ0v) is 24.8. The molecular formula is C34H34N4O7. The van der Waals surface area contributed by atoms with E-state index in [2.05, 4.69) is 17.2 Å². The molecule has 2 fully saturated rings. The molecule has 4 heterocycles. The van der Waals surface area contributed by atoms with E-state index in [4.69, 9.17) is 4.42 Å². The van der Waals surface area contributed by atoms with Crippen LogP contribution in [-0.2, 0) is 20.8 Å². The summed E-state index contributed by atoms with van der Waals surface area (Å²) >= 11 is 0. The number of benzene rings is 2. The molecule has 3 N–H and O–H groups in total. The second kappa shape index (κ2) is 12.2. The SMILES string of the molecule is CCCCC=CCCN1C(=O)C2C(c3ccc(-c4ccc([N+](=O)[O-])cc4)o3)NC(Cc3c[nH]c4ccccc34)(C(=O)O)C2C1=O. The number of nitrogens with zero attached hydrogens (tertiary/aromatic N) is 2. The van der Waals surface area contributed by atoms with E-state index in [9.17, 15) is 29.6 Å². The summed E-state index contributed by atoms with van der Waals surface area (Å²) in [6.07, 6.45) is 9.22. The van der Waals surface area contributed by atoms with E-state index < -0.39 is 46.1 Å². The first kappa shape index (κ1) is 30.0. The Kier molecular flexibility index (Phi) is 8.11. The lowest BCUT2D eigenvalue weighted by atomic mass is 9.76. The van der Waals surface area contributed by atoms with E-state index in [1.54, 1.807) is 30.5 Å². The van der Waals surface area contributed by atoms with Gasteiger partial charge in [-0.05, 0) is 48.7 Å². The quantitative estimate of drug-likeness (QED) is 0.0598. The average Bonchev–Trinajstić information content (AvgIpc) is 3.81. The molecular weight excluding hydrogens is 576 g/mol. The third-order valence-corrected chi connectivity index (χ3v) is 8.98. The van der Waals surface area contributed by atoms with Crippen molar-refractivity contribution in [2.24, 2.45) is 11.8 Å². The second-order valence-corrected chi connectivity index (χ2v) is 11.7. The molecule has 2 saturated heterocycles. The summed E-state index contributed by atoms with van der Waals surface area (Å²) < 4.78 is 6.17. The fraction of sp³-hybridized carbons (Fsp3) is 0.324. The number of furan rings is 1. The number of allylic oxidation sites excluding steroid dienone is 1. The summed E-state index contributed by atoms with van der Waals surface area (Å²) in [5.41, 5.74) is 0.269. The number of nitro benzene ring substituents is 1. The molecule has 45 heavy (non-hydrogen) atoms. The van der Waals surface area contributed by atoms with Crippen molar-refractivity contribution in [1.29, 1.82) is 0 Å². The molecule has 0 aliphatic carbocycles. The molecule has 4 atom stereocenters. The zero-order chi connectivity index (χ0) is 31.7. The number of carboxylic acids is 1. The Morgan fingerprint density at radius 2 is 1.82 bits per heavy atom. The van der Waals surface area contributed by atoms with Crippen LogP contribution in [0.4, 0.5) is 5.69 Å². The summed E-state index contributed by atoms with van der Waals surface area (Å²) in [5, 5.41) is 26.0. The molecule has 2 aliphatic heterocycles. The molecule has 2 amide bonds. The van der Waals surface area contributed by atoms with Gasteiger partial charge in [0.1, 0.15) is 17.1 Å². The molecule has 4 unspecified atom stereocenters. The number of aliphatic carboxylic acids is 1. The number of imide groups is 1. The van der Waals surface area contributed by atoms with Gasteiger partial charge in [0.25, 0.3) is 5.69 Å². The van der Waals surface area contributed by atoms with Gasteiger partial charge in [-0.2, -0.15) is 0 Å². The lowest BCUT2D eigenvalue weighted by Gasteiger charge is -2.31. The average molecular weight is 611 g/mol. The van der Waals surface area contributed by atoms with Crippen LogP contribution >= 0.6 is 0 Å². The number of fused-ring (bicyclic) bond motifs is 2. The number of carbonyl (C=O) groups excluding carboxylic acids is 2. The maximum atomic E-state index is 14.1. The van der Waals surface area contributed by atoms with Gasteiger partial charge in [-0.15, -0.1) is 0 Å². The van der Waals surface area contributed by atoms with E-state index in [-0.39, 0.29) is 18.7 Å². The molecule has 0 bridgehead atoms. The largest absolute Gasteiger partial charge is 0.480 e. The van der Waals surface area contributed by atoms with Crippen LogP contribution in [0, 0.1) is 22.0 Å². The number of non-ortho nitro benzene ring substituents is 1. The van der Waals surface area contributed by atoms with Gasteiger partial charge in [0.15, 0.2) is 0 Å². The minimum atomic E-state index is -1.79. The summed E-state index contributed by atoms with van der Waals surface area (Å²) in [6, 6.07) is 15.8. The molecule has 0 spiro atoms. The molecule has 232 valence electrons. The number of hydrogen-bond acceptors (Lipinski definition) is 7. The number of carboxylic acid groups (broad SMARTS) is 1. The number of aromatic amines is 1. The highest BCUT2D eigenvalue weighted by Gasteiger charge is 2.69. The lowest BCUT2D eigenvalue weighted by Crippen LogP contribution is -2.57. The molecule has 2 aromatic carbocycles. The Morgan fingerprint density at radius 1 is 1.07 bits per heavy atom. The Morgan fingerprint density at radius 3 is 2.56 bits per heavy atom. The van der Waals surface area contributed by atoms with Crippen LogP contribution in [0.5, 0.6) is 0 Å². The Labute approximate surface area is 259 Å². The zero-order valence-electron chi connectivity index (χ0n) is 24.8. The van der Waals surface area contributed by atoms with Gasteiger partial charge >= 0.3 is 5.97 Å². The third kappa shape index (κ3) is 5.33. The maximum absolute atomic E-state index is 14.1. The van der Waals surface area contributed by atoms with Crippen LogP contribution in [0.15, 0.2) is 83.4 Å². The third-order valence-electron chi connectivity index (χ3n) is 8.98. The summed E-state index contributed by atoms with van der Waals surface area (Å²) in [7, 11) is 0. The number of H-pyrrole nitrogens is 1. The van der Waals surface area contributed by atoms with E-state index >= 15 is 0 Å². The number of amides is 2. The summed E-state index contributed by atoms with van der Waals surface area (Å²) in [5.74, 6) is -3.63. The first-order chi connectivity index (χ1) is 21.7. The molecule has 2 aliphatic rings. The lowest BCUT2D eigenvalue weighted by molar-refractivity contribution is -0.384. The smallest absolute Gasteiger partial charge is 0.325 e. The first-order valence-electron chi connectivity index (χ1n) is 15.2. The van der Waals surface area contributed by atoms with E-state index in [1.165, 1.54) is 17.0 Å². The van der Waals surface area contributed by atoms with Gasteiger partial charge < -0.3 is 14.5 Å². The van der Waals surface area contributed by atoms with E-state index in [1.807, 2.05) is 36.4 Å². The van der Waals surface area contributed by atoms with E-state index in [0.29, 0.717) is 29.1 Å². The molecule has 0 saturated carbocycles. The first-order valence-corrected chi connectivity index (χ1v) is 15.2. The Bertz CT molecular complexity index is 1790. The number of nitrogens with one attached hydrogen (secondary N) is 2. The summed E-state index contributed by atoms with van der Waals surface area (Å²) in [6.45, 7) is 2.27. The number of para-hydroxylation sites is 1. The number of likely N-dealkylation sites (tertiary alicyclic amines) is 1. The van der Waals surface area contributed by atoms with Crippen molar-refractivity contribution < 1.29 is 28.8 Å². The number of aromatic nitrogens is 1. The van der Waals surface area contributed by atoms with Crippen LogP contribution in [0.3, 0.4) is 0 Å². The van der Waals surface area contributed by atoms with Gasteiger partial charge in [-0.3, -0.25) is 34.7 Å². The van der Waals surface area contributed by atoms with Crippen LogP contribution in [0.1, 0.15) is 50.0 Å². The topological polar surface area (TPSA) is 159 Å². The van der Waals surface area contributed by atoms with Crippen molar-refractivity contribution in [1.82, 2.24) is 15.2 Å². The monoisotopic (exact) mass is 610 g/mol. The van der Waals surface area contributed by atoms with Gasteiger partial charge in [0.05, 0.1) is 22.8 Å². The molecule has 2 aromatic heterocycles. The highest BCUT2D eigenvalue weighted by molar-refractivity contribution is 6.09. The molecule has 11 heteroatoms. The van der Waals surface area contributed by atoms with Crippen LogP contribution in [0.2, 0.25) is 0 Å². The van der Waals surface area contributed by atoms with Crippen LogP contribution in [0.25, 0.3) is 22.2 Å². The highest BCUT2D eigenvalue weighted by Crippen LogP contribution is 2.51. The molecule has 0 radical (unpaired) electrons. The minimum absolute atomic E-state index is 0.0380. The molecule has 6 rings (SSSR count). The van der Waals surface area contributed by atoms with Crippen molar-refractivity contribution >= 4 is 34.4 Å². The second-order valence-electron chi connectivity index (χ2n) is 11.7. The van der Waals surface area contributed by atoms with Crippen molar-refractivity contribution in [3.8, 4) is 11.3 Å². The van der Waals surface area contributed by atoms with Gasteiger partial charge in [0.2, 0.25) is 11.8 Å². The number of nitro groups is 1. The van der Waals surface area contributed by atoms with E-state index in [0.717, 1.165) is 30.2 Å². The number of hydrogen-bond donors (Lipinski definition) is 3. The number of unbranched alkanes of at least 4 members (excludes halogenated alkanes) is 2. The normalized spacial score (nSPS) is 23.0. The predicted molar refractivity (Wildman–Crippen MR) is 166 cm³/mol. The number of rotatable bonds is 12. The summed E-state index contributed by atoms with van der Waals surface area (Å²) in [4.78, 5) is 56.3. The maximum Gasteiger partial charge on any atom is 0.325 e.